The van der Waals surface area contributed by atoms with Crippen LogP contribution < -0.4 is 10.6 Å². The number of hydrogen-bond acceptors (Lipinski definition) is 5. The average molecular weight is 294 g/mol. The first-order valence-electron chi connectivity index (χ1n) is 7.59. The first kappa shape index (κ1) is 15.4. The zero-order valence-electron chi connectivity index (χ0n) is 12.8. The van der Waals surface area contributed by atoms with Crippen LogP contribution in [0.3, 0.4) is 0 Å². The molecule has 1 fully saturated rings. The molecular weight excluding hydrogens is 268 g/mol. The summed E-state index contributed by atoms with van der Waals surface area (Å²) in [6, 6.07) is 0.561. The van der Waals surface area contributed by atoms with E-state index in [1.807, 2.05) is 18.0 Å². The Morgan fingerprint density at radius 3 is 2.70 bits per heavy atom. The van der Waals surface area contributed by atoms with E-state index in [1.54, 1.807) is 0 Å². The highest BCUT2D eigenvalue weighted by Gasteiger charge is 2.21. The van der Waals surface area contributed by atoms with Crippen LogP contribution in [0, 0.1) is 6.92 Å². The van der Waals surface area contributed by atoms with Gasteiger partial charge in [0.15, 0.2) is 0 Å². The van der Waals surface area contributed by atoms with Gasteiger partial charge in [-0.3, -0.25) is 0 Å². The summed E-state index contributed by atoms with van der Waals surface area (Å²) in [5.74, 6) is 1.73. The lowest BCUT2D eigenvalue weighted by Crippen LogP contribution is -2.28. The number of rotatable bonds is 6. The van der Waals surface area contributed by atoms with Crippen LogP contribution in [0.1, 0.15) is 44.6 Å². The molecule has 1 saturated carbocycles. The second-order valence-electron chi connectivity index (χ2n) is 5.51. The van der Waals surface area contributed by atoms with Gasteiger partial charge in [0.05, 0.1) is 0 Å². The third-order valence-electron chi connectivity index (χ3n) is 3.85. The standard InChI is InChI=1S/C15H26N4S/c1-4-9-16-15-17-10-11(2)14(19-15)18-12-5-7-13(20-3)8-6-12/h10,12-13H,4-9H2,1-3H3,(H2,16,17,18,19). The van der Waals surface area contributed by atoms with Crippen molar-refractivity contribution in [3.05, 3.63) is 11.8 Å². The number of hydrogen-bond donors (Lipinski definition) is 2. The summed E-state index contributed by atoms with van der Waals surface area (Å²) in [4.78, 5) is 8.93. The number of aryl methyl sites for hydroxylation is 1. The molecule has 112 valence electrons. The van der Waals surface area contributed by atoms with Crippen molar-refractivity contribution in [1.82, 2.24) is 9.97 Å². The molecule has 4 nitrogen and oxygen atoms in total. The molecule has 5 heteroatoms. The molecule has 0 spiro atoms. The van der Waals surface area contributed by atoms with Gasteiger partial charge in [0.2, 0.25) is 5.95 Å². The van der Waals surface area contributed by atoms with E-state index in [2.05, 4.69) is 40.7 Å². The minimum Gasteiger partial charge on any atom is -0.367 e. The Morgan fingerprint density at radius 2 is 2.05 bits per heavy atom. The first-order valence-corrected chi connectivity index (χ1v) is 8.88. The third kappa shape index (κ3) is 4.27. The van der Waals surface area contributed by atoms with Crippen LogP contribution in [0.2, 0.25) is 0 Å². The van der Waals surface area contributed by atoms with Gasteiger partial charge in [-0.15, -0.1) is 0 Å². The lowest BCUT2D eigenvalue weighted by Gasteiger charge is -2.28. The highest BCUT2D eigenvalue weighted by Crippen LogP contribution is 2.29. The van der Waals surface area contributed by atoms with Gasteiger partial charge in [0.1, 0.15) is 5.82 Å². The molecule has 0 bridgehead atoms. The highest BCUT2D eigenvalue weighted by atomic mass is 32.2. The van der Waals surface area contributed by atoms with Crippen LogP contribution in [0.25, 0.3) is 0 Å². The van der Waals surface area contributed by atoms with E-state index in [0.717, 1.165) is 35.5 Å². The Labute approximate surface area is 126 Å². The molecular formula is C15H26N4S. The number of anilines is 2. The van der Waals surface area contributed by atoms with Crippen molar-refractivity contribution in [2.24, 2.45) is 0 Å². The minimum atomic E-state index is 0.561. The molecule has 1 aliphatic carbocycles. The Bertz CT molecular complexity index is 416. The fourth-order valence-electron chi connectivity index (χ4n) is 2.55. The van der Waals surface area contributed by atoms with Crippen molar-refractivity contribution in [1.29, 1.82) is 0 Å². The largest absolute Gasteiger partial charge is 0.367 e. The molecule has 0 amide bonds. The molecule has 1 aromatic rings. The molecule has 0 atom stereocenters. The van der Waals surface area contributed by atoms with Gasteiger partial charge in [-0.1, -0.05) is 6.92 Å². The van der Waals surface area contributed by atoms with E-state index < -0.39 is 0 Å². The molecule has 0 unspecified atom stereocenters. The summed E-state index contributed by atoms with van der Waals surface area (Å²) in [6.07, 6.45) is 10.3. The fraction of sp³-hybridized carbons (Fsp3) is 0.733. The van der Waals surface area contributed by atoms with Crippen molar-refractivity contribution in [2.75, 3.05) is 23.4 Å². The molecule has 0 saturated heterocycles. The van der Waals surface area contributed by atoms with E-state index in [4.69, 9.17) is 0 Å². The van der Waals surface area contributed by atoms with Gasteiger partial charge in [0, 0.05) is 29.6 Å². The molecule has 0 aliphatic heterocycles. The van der Waals surface area contributed by atoms with Gasteiger partial charge >= 0.3 is 0 Å². The maximum absolute atomic E-state index is 4.60. The highest BCUT2D eigenvalue weighted by molar-refractivity contribution is 7.99. The second kappa shape index (κ2) is 7.72. The summed E-state index contributed by atoms with van der Waals surface area (Å²) >= 11 is 2.01. The summed E-state index contributed by atoms with van der Waals surface area (Å²) in [6.45, 7) is 5.13. The van der Waals surface area contributed by atoms with Crippen molar-refractivity contribution >= 4 is 23.5 Å². The van der Waals surface area contributed by atoms with E-state index in [0.29, 0.717) is 6.04 Å². The van der Waals surface area contributed by atoms with Gasteiger partial charge < -0.3 is 10.6 Å². The van der Waals surface area contributed by atoms with Crippen LogP contribution in [-0.4, -0.2) is 34.1 Å². The number of nitrogens with zero attached hydrogens (tertiary/aromatic N) is 2. The van der Waals surface area contributed by atoms with Crippen LogP contribution >= 0.6 is 11.8 Å². The van der Waals surface area contributed by atoms with Gasteiger partial charge in [-0.2, -0.15) is 16.7 Å². The maximum atomic E-state index is 4.60. The summed E-state index contributed by atoms with van der Waals surface area (Å²) in [5.41, 5.74) is 1.12. The Hall–Kier alpha value is -0.970. The lowest BCUT2D eigenvalue weighted by atomic mass is 9.95. The monoisotopic (exact) mass is 294 g/mol. The third-order valence-corrected chi connectivity index (χ3v) is 4.99. The zero-order chi connectivity index (χ0) is 14.4. The van der Waals surface area contributed by atoms with E-state index in [9.17, 15) is 0 Å². The predicted octanol–water partition coefficient (Wildman–Crippen LogP) is 3.69. The van der Waals surface area contributed by atoms with Crippen LogP contribution in [-0.2, 0) is 0 Å². The molecule has 1 aromatic heterocycles. The molecule has 1 heterocycles. The first-order chi connectivity index (χ1) is 9.72. The number of thioether (sulfide) groups is 1. The quantitative estimate of drug-likeness (QED) is 0.838. The molecule has 2 rings (SSSR count). The summed E-state index contributed by atoms with van der Waals surface area (Å²) < 4.78 is 0. The molecule has 0 aromatic carbocycles. The lowest BCUT2D eigenvalue weighted by molar-refractivity contribution is 0.472. The predicted molar refractivity (Wildman–Crippen MR) is 88.7 cm³/mol. The van der Waals surface area contributed by atoms with Gasteiger partial charge in [0.25, 0.3) is 0 Å². The molecule has 0 radical (unpaired) electrons. The Kier molecular flexibility index (Phi) is 5.95. The molecule has 20 heavy (non-hydrogen) atoms. The SMILES string of the molecule is CCCNc1ncc(C)c(NC2CCC(SC)CC2)n1. The minimum absolute atomic E-state index is 0.561. The maximum Gasteiger partial charge on any atom is 0.224 e. The van der Waals surface area contributed by atoms with Crippen molar-refractivity contribution in [3.8, 4) is 0 Å². The van der Waals surface area contributed by atoms with Crippen molar-refractivity contribution < 1.29 is 0 Å². The van der Waals surface area contributed by atoms with E-state index >= 15 is 0 Å². The van der Waals surface area contributed by atoms with E-state index in [1.165, 1.54) is 25.7 Å². The second-order valence-corrected chi connectivity index (χ2v) is 6.64. The summed E-state index contributed by atoms with van der Waals surface area (Å²) in [7, 11) is 0. The normalized spacial score (nSPS) is 22.6. The zero-order valence-corrected chi connectivity index (χ0v) is 13.6. The van der Waals surface area contributed by atoms with Gasteiger partial charge in [-0.05, 0) is 45.3 Å². The Balaban J connectivity index is 1.94. The number of aromatic nitrogens is 2. The van der Waals surface area contributed by atoms with Crippen molar-refractivity contribution in [2.45, 2.75) is 57.2 Å². The topological polar surface area (TPSA) is 49.8 Å². The van der Waals surface area contributed by atoms with Crippen LogP contribution in [0.15, 0.2) is 6.20 Å². The smallest absolute Gasteiger partial charge is 0.224 e. The van der Waals surface area contributed by atoms with Crippen molar-refractivity contribution in [3.63, 3.8) is 0 Å². The van der Waals surface area contributed by atoms with Crippen LogP contribution in [0.4, 0.5) is 11.8 Å². The fourth-order valence-corrected chi connectivity index (χ4v) is 3.29. The van der Waals surface area contributed by atoms with Gasteiger partial charge in [-0.25, -0.2) is 4.98 Å². The van der Waals surface area contributed by atoms with E-state index in [-0.39, 0.29) is 0 Å². The molecule has 2 N–H and O–H groups in total. The average Bonchev–Trinajstić information content (AvgIpc) is 2.49. The number of nitrogens with one attached hydrogen (secondary N) is 2. The molecule has 1 aliphatic rings. The summed E-state index contributed by atoms with van der Waals surface area (Å²) in [5, 5.41) is 7.71. The Morgan fingerprint density at radius 1 is 1.30 bits per heavy atom. The van der Waals surface area contributed by atoms with Crippen LogP contribution in [0.5, 0.6) is 0 Å².